The van der Waals surface area contributed by atoms with Gasteiger partial charge in [-0.05, 0) is 55.9 Å². The molecular weight excluding hydrogens is 442 g/mol. The molecule has 0 radical (unpaired) electrons. The average Bonchev–Trinajstić information content (AvgIpc) is 2.82. The molecule has 0 fully saturated rings. The molecule has 2 aromatic rings. The number of carbonyl (C=O) groups is 2. The van der Waals surface area contributed by atoms with Gasteiger partial charge in [-0.1, -0.05) is 30.3 Å². The summed E-state index contributed by atoms with van der Waals surface area (Å²) in [7, 11) is 0. The molecule has 1 amide bonds. The first-order valence-electron chi connectivity index (χ1n) is 11.2. The largest absolute Gasteiger partial charge is 0.492 e. The smallest absolute Gasteiger partial charge is 0.409 e. The van der Waals surface area contributed by atoms with Crippen LogP contribution in [-0.4, -0.2) is 66.8 Å². The lowest BCUT2D eigenvalue weighted by Crippen LogP contribution is -2.36. The van der Waals surface area contributed by atoms with E-state index in [1.165, 1.54) is 4.90 Å². The van der Waals surface area contributed by atoms with Crippen LogP contribution >= 0.6 is 11.8 Å². The minimum absolute atomic E-state index is 0.293. The molecule has 1 N–H and O–H groups in total. The zero-order chi connectivity index (χ0) is 23.9. The second kappa shape index (κ2) is 15.2. The van der Waals surface area contributed by atoms with E-state index in [1.54, 1.807) is 42.6 Å². The van der Waals surface area contributed by atoms with Crippen LogP contribution in [0.5, 0.6) is 5.75 Å². The first-order chi connectivity index (χ1) is 16.0. The van der Waals surface area contributed by atoms with Gasteiger partial charge in [-0.25, -0.2) is 9.59 Å². The second-order valence-electron chi connectivity index (χ2n) is 7.18. The third-order valence-corrected chi connectivity index (χ3v) is 5.83. The van der Waals surface area contributed by atoms with Crippen LogP contribution in [0.25, 0.3) is 0 Å². The van der Waals surface area contributed by atoms with E-state index < -0.39 is 12.1 Å². The summed E-state index contributed by atoms with van der Waals surface area (Å²) in [6, 6.07) is 17.4. The molecule has 0 aliphatic carbocycles. The molecule has 0 heterocycles. The molecular formula is C25H33NO6S. The second-order valence-corrected chi connectivity index (χ2v) is 8.35. The molecule has 33 heavy (non-hydrogen) atoms. The predicted molar refractivity (Wildman–Crippen MR) is 129 cm³/mol. The van der Waals surface area contributed by atoms with Crippen molar-refractivity contribution in [1.82, 2.24) is 4.90 Å². The van der Waals surface area contributed by atoms with Crippen LogP contribution in [0.15, 0.2) is 59.5 Å². The lowest BCUT2D eigenvalue weighted by atomic mass is 10.1. The molecule has 0 aromatic heterocycles. The summed E-state index contributed by atoms with van der Waals surface area (Å²) in [4.78, 5) is 26.4. The van der Waals surface area contributed by atoms with Crippen LogP contribution in [-0.2, 0) is 20.7 Å². The van der Waals surface area contributed by atoms with Gasteiger partial charge in [-0.15, -0.1) is 11.8 Å². The van der Waals surface area contributed by atoms with Crippen molar-refractivity contribution in [2.75, 3.05) is 38.7 Å². The Labute approximate surface area is 200 Å². The quantitative estimate of drug-likeness (QED) is 0.294. The van der Waals surface area contributed by atoms with E-state index in [1.807, 2.05) is 30.3 Å². The Morgan fingerprint density at radius 1 is 1.00 bits per heavy atom. The van der Waals surface area contributed by atoms with Crippen molar-refractivity contribution in [3.63, 3.8) is 0 Å². The first kappa shape index (κ1) is 26.5. The van der Waals surface area contributed by atoms with Crippen molar-refractivity contribution in [3.8, 4) is 5.75 Å². The number of carboxylic acids is 1. The van der Waals surface area contributed by atoms with Gasteiger partial charge in [0.15, 0.2) is 6.10 Å². The molecule has 180 valence electrons. The number of carboxylic acid groups (broad SMARTS) is 1. The van der Waals surface area contributed by atoms with Crippen molar-refractivity contribution in [2.45, 2.75) is 37.7 Å². The number of hydrogen-bond acceptors (Lipinski definition) is 6. The van der Waals surface area contributed by atoms with Crippen molar-refractivity contribution < 1.29 is 28.9 Å². The minimum Gasteiger partial charge on any atom is -0.492 e. The third-order valence-electron chi connectivity index (χ3n) is 4.73. The average molecular weight is 476 g/mol. The lowest BCUT2D eigenvalue weighted by Gasteiger charge is -2.22. The molecule has 2 aromatic carbocycles. The van der Waals surface area contributed by atoms with E-state index in [9.17, 15) is 14.7 Å². The van der Waals surface area contributed by atoms with Crippen LogP contribution in [0.1, 0.15) is 25.8 Å². The summed E-state index contributed by atoms with van der Waals surface area (Å²) in [5, 5.41) is 9.21. The Bertz CT molecular complexity index is 831. The minimum atomic E-state index is -0.974. The monoisotopic (exact) mass is 475 g/mol. The number of aliphatic carboxylic acids is 1. The van der Waals surface area contributed by atoms with E-state index in [-0.39, 0.29) is 6.09 Å². The highest BCUT2D eigenvalue weighted by molar-refractivity contribution is 7.99. The highest BCUT2D eigenvalue weighted by atomic mass is 32.2. The van der Waals surface area contributed by atoms with Crippen LogP contribution in [0, 0.1) is 0 Å². The van der Waals surface area contributed by atoms with Gasteiger partial charge in [-0.2, -0.15) is 0 Å². The summed E-state index contributed by atoms with van der Waals surface area (Å²) in [5.41, 5.74) is 0.854. The Hall–Kier alpha value is -2.71. The number of amides is 1. The summed E-state index contributed by atoms with van der Waals surface area (Å²) < 4.78 is 16.2. The predicted octanol–water partition coefficient (Wildman–Crippen LogP) is 4.74. The van der Waals surface area contributed by atoms with E-state index in [0.29, 0.717) is 45.1 Å². The lowest BCUT2D eigenvalue weighted by molar-refractivity contribution is -0.149. The SMILES string of the molecule is CCOC(=O)N(CCCSc1ccccc1)CCOc1ccc(CC(OCC)C(=O)O)cc1. The Morgan fingerprint density at radius 2 is 1.73 bits per heavy atom. The van der Waals surface area contributed by atoms with Crippen LogP contribution in [0.3, 0.4) is 0 Å². The number of rotatable bonds is 15. The van der Waals surface area contributed by atoms with Crippen LogP contribution < -0.4 is 4.74 Å². The molecule has 0 saturated carbocycles. The van der Waals surface area contributed by atoms with E-state index in [0.717, 1.165) is 17.7 Å². The molecule has 8 heteroatoms. The topological polar surface area (TPSA) is 85.3 Å². The summed E-state index contributed by atoms with van der Waals surface area (Å²) >= 11 is 1.76. The van der Waals surface area contributed by atoms with Gasteiger partial charge in [0.05, 0.1) is 13.2 Å². The van der Waals surface area contributed by atoms with E-state index >= 15 is 0 Å². The Morgan fingerprint density at radius 3 is 2.36 bits per heavy atom. The zero-order valence-electron chi connectivity index (χ0n) is 19.3. The van der Waals surface area contributed by atoms with Crippen LogP contribution in [0.2, 0.25) is 0 Å². The molecule has 0 aliphatic rings. The highest BCUT2D eigenvalue weighted by Crippen LogP contribution is 2.18. The van der Waals surface area contributed by atoms with Gasteiger partial charge in [0.1, 0.15) is 12.4 Å². The molecule has 0 saturated heterocycles. The maximum absolute atomic E-state index is 12.3. The molecule has 0 spiro atoms. The van der Waals surface area contributed by atoms with Crippen molar-refractivity contribution in [1.29, 1.82) is 0 Å². The molecule has 1 unspecified atom stereocenters. The highest BCUT2D eigenvalue weighted by Gasteiger charge is 2.18. The summed E-state index contributed by atoms with van der Waals surface area (Å²) in [6.07, 6.45) is -0.0598. The summed E-state index contributed by atoms with van der Waals surface area (Å²) in [6.45, 7) is 5.59. The van der Waals surface area contributed by atoms with Gasteiger partial charge < -0.3 is 24.2 Å². The molecule has 1 atom stereocenters. The number of thioether (sulfide) groups is 1. The van der Waals surface area contributed by atoms with E-state index in [2.05, 4.69) is 12.1 Å². The van der Waals surface area contributed by atoms with E-state index in [4.69, 9.17) is 14.2 Å². The Balaban J connectivity index is 1.79. The normalized spacial score (nSPS) is 11.6. The van der Waals surface area contributed by atoms with Gasteiger partial charge >= 0.3 is 12.1 Å². The van der Waals surface area contributed by atoms with Gasteiger partial charge in [-0.3, -0.25) is 0 Å². The van der Waals surface area contributed by atoms with Gasteiger partial charge in [0, 0.05) is 24.5 Å². The number of ether oxygens (including phenoxy) is 3. The van der Waals surface area contributed by atoms with Crippen molar-refractivity contribution in [3.05, 3.63) is 60.2 Å². The number of nitrogens with zero attached hydrogens (tertiary/aromatic N) is 1. The third kappa shape index (κ3) is 10.2. The standard InChI is InChI=1S/C25H33NO6S/c1-3-30-23(24(27)28)19-20-11-13-21(14-12-20)32-17-16-26(25(29)31-4-2)15-8-18-33-22-9-6-5-7-10-22/h5-7,9-14,23H,3-4,8,15-19H2,1-2H3,(H,27,28). The van der Waals surface area contributed by atoms with Crippen LogP contribution in [0.4, 0.5) is 4.79 Å². The summed E-state index contributed by atoms with van der Waals surface area (Å²) in [5.74, 6) is 0.588. The maximum Gasteiger partial charge on any atom is 0.409 e. The fourth-order valence-corrected chi connectivity index (χ4v) is 3.96. The fraction of sp³-hybridized carbons (Fsp3) is 0.440. The zero-order valence-corrected chi connectivity index (χ0v) is 20.1. The van der Waals surface area contributed by atoms with Crippen molar-refractivity contribution >= 4 is 23.8 Å². The van der Waals surface area contributed by atoms with Crippen molar-refractivity contribution in [2.24, 2.45) is 0 Å². The van der Waals surface area contributed by atoms with Gasteiger partial charge in [0.25, 0.3) is 0 Å². The molecule has 2 rings (SSSR count). The number of carbonyl (C=O) groups excluding carboxylic acids is 1. The molecule has 0 bridgehead atoms. The fourth-order valence-electron chi connectivity index (χ4n) is 3.10. The van der Waals surface area contributed by atoms with Gasteiger partial charge in [0.2, 0.25) is 0 Å². The number of hydrogen-bond donors (Lipinski definition) is 1. The Kier molecular flexibility index (Phi) is 12.2. The maximum atomic E-state index is 12.3. The molecule has 7 nitrogen and oxygen atoms in total. The molecule has 0 aliphatic heterocycles. The first-order valence-corrected chi connectivity index (χ1v) is 12.2. The number of benzene rings is 2.